The van der Waals surface area contributed by atoms with Crippen molar-refractivity contribution < 1.29 is 13.2 Å². The molecule has 3 aromatic heterocycles. The molecule has 0 amide bonds. The predicted molar refractivity (Wildman–Crippen MR) is 82.8 cm³/mol. The van der Waals surface area contributed by atoms with Crippen LogP contribution in [-0.2, 0) is 6.18 Å². The van der Waals surface area contributed by atoms with Crippen LogP contribution in [0, 0.1) is 0 Å². The molecule has 3 aromatic rings. The Balaban J connectivity index is 1.96. The van der Waals surface area contributed by atoms with Crippen molar-refractivity contribution in [2.24, 2.45) is 0 Å². The molecule has 3 rings (SSSR count). The molecule has 122 valence electrons. The lowest BCUT2D eigenvalue weighted by molar-refractivity contribution is -0.138. The number of hydrogen-bond acceptors (Lipinski definition) is 4. The Kier molecular flexibility index (Phi) is 4.03. The minimum atomic E-state index is -4.72. The Morgan fingerprint density at radius 3 is 2.46 bits per heavy atom. The van der Waals surface area contributed by atoms with Crippen LogP contribution in [0.1, 0.15) is 5.56 Å². The number of halogens is 3. The smallest absolute Gasteiger partial charge is 0.328 e. The number of nitrogens with one attached hydrogen (secondary N) is 2. The largest absolute Gasteiger partial charge is 0.421 e. The maximum Gasteiger partial charge on any atom is 0.421 e. The van der Waals surface area contributed by atoms with Crippen LogP contribution < -0.4 is 10.9 Å². The first-order chi connectivity index (χ1) is 11.4. The van der Waals surface area contributed by atoms with E-state index in [0.29, 0.717) is 17.2 Å². The van der Waals surface area contributed by atoms with Crippen molar-refractivity contribution in [2.75, 3.05) is 5.32 Å². The van der Waals surface area contributed by atoms with Gasteiger partial charge in [-0.15, -0.1) is 0 Å². The van der Waals surface area contributed by atoms with Crippen LogP contribution in [0.15, 0.2) is 59.8 Å². The Labute approximate surface area is 134 Å². The summed E-state index contributed by atoms with van der Waals surface area (Å²) in [4.78, 5) is 21.7. The lowest BCUT2D eigenvalue weighted by Crippen LogP contribution is -2.20. The van der Waals surface area contributed by atoms with Crippen LogP contribution in [0.3, 0.4) is 0 Å². The number of alkyl halides is 3. The zero-order valence-electron chi connectivity index (χ0n) is 12.1. The van der Waals surface area contributed by atoms with Gasteiger partial charge in [-0.25, -0.2) is 9.97 Å². The van der Waals surface area contributed by atoms with E-state index in [1.807, 2.05) is 0 Å². The van der Waals surface area contributed by atoms with E-state index in [4.69, 9.17) is 0 Å². The molecule has 8 heteroatoms. The van der Waals surface area contributed by atoms with Gasteiger partial charge < -0.3 is 10.3 Å². The fourth-order valence-corrected chi connectivity index (χ4v) is 2.11. The maximum absolute atomic E-state index is 12.9. The Morgan fingerprint density at radius 2 is 1.75 bits per heavy atom. The molecule has 0 aliphatic carbocycles. The average molecular weight is 332 g/mol. The van der Waals surface area contributed by atoms with E-state index in [2.05, 4.69) is 20.3 Å². The first kappa shape index (κ1) is 15.7. The molecule has 0 saturated carbocycles. The summed E-state index contributed by atoms with van der Waals surface area (Å²) >= 11 is 0. The second kappa shape index (κ2) is 6.15. The number of rotatable bonds is 3. The molecule has 0 saturated heterocycles. The molecule has 2 N–H and O–H groups in total. The first-order valence-electron chi connectivity index (χ1n) is 6.88. The number of pyridine rings is 3. The standard InChI is InChI=1S/C16H11F3N4O/c17-16(18,19)12-7-11(9-22-15(12)24)10-4-6-21-14(8-10)23-13-3-1-2-5-20-13/h1-9H,(H,22,24)(H,20,21,23). The van der Waals surface area contributed by atoms with Crippen LogP contribution in [0.4, 0.5) is 24.8 Å². The van der Waals surface area contributed by atoms with Crippen molar-refractivity contribution in [2.45, 2.75) is 6.18 Å². The molecule has 3 heterocycles. The zero-order chi connectivity index (χ0) is 17.2. The van der Waals surface area contributed by atoms with Crippen LogP contribution in [0.25, 0.3) is 11.1 Å². The number of aromatic amines is 1. The topological polar surface area (TPSA) is 70.7 Å². The summed E-state index contributed by atoms with van der Waals surface area (Å²) < 4.78 is 38.6. The minimum absolute atomic E-state index is 0.230. The van der Waals surface area contributed by atoms with Crippen LogP contribution in [0.5, 0.6) is 0 Å². The highest BCUT2D eigenvalue weighted by Crippen LogP contribution is 2.29. The van der Waals surface area contributed by atoms with Gasteiger partial charge in [-0.3, -0.25) is 4.79 Å². The van der Waals surface area contributed by atoms with E-state index >= 15 is 0 Å². The van der Waals surface area contributed by atoms with E-state index in [9.17, 15) is 18.0 Å². The lowest BCUT2D eigenvalue weighted by atomic mass is 10.1. The van der Waals surface area contributed by atoms with Crippen molar-refractivity contribution >= 4 is 11.6 Å². The molecule has 0 spiro atoms. The Hall–Kier alpha value is -3.16. The van der Waals surface area contributed by atoms with Gasteiger partial charge in [-0.05, 0) is 41.5 Å². The van der Waals surface area contributed by atoms with E-state index in [1.54, 1.807) is 36.5 Å². The van der Waals surface area contributed by atoms with Crippen molar-refractivity contribution in [3.8, 4) is 11.1 Å². The van der Waals surface area contributed by atoms with Gasteiger partial charge in [0.25, 0.3) is 5.56 Å². The second-order valence-electron chi connectivity index (χ2n) is 4.90. The minimum Gasteiger partial charge on any atom is -0.328 e. The average Bonchev–Trinajstić information content (AvgIpc) is 2.55. The highest BCUT2D eigenvalue weighted by molar-refractivity contribution is 5.67. The third-order valence-corrected chi connectivity index (χ3v) is 3.22. The number of nitrogens with zero attached hydrogens (tertiary/aromatic N) is 2. The highest BCUT2D eigenvalue weighted by atomic mass is 19.4. The normalized spacial score (nSPS) is 11.3. The summed E-state index contributed by atoms with van der Waals surface area (Å²) in [5.74, 6) is 0.977. The lowest BCUT2D eigenvalue weighted by Gasteiger charge is -2.09. The molecule has 0 aliphatic heterocycles. The van der Waals surface area contributed by atoms with Gasteiger partial charge in [0.05, 0.1) is 0 Å². The second-order valence-corrected chi connectivity index (χ2v) is 4.90. The molecule has 24 heavy (non-hydrogen) atoms. The molecule has 0 aromatic carbocycles. The fourth-order valence-electron chi connectivity index (χ4n) is 2.11. The molecule has 0 aliphatic rings. The molecule has 0 atom stereocenters. The zero-order valence-corrected chi connectivity index (χ0v) is 12.1. The van der Waals surface area contributed by atoms with E-state index in [1.165, 1.54) is 12.4 Å². The van der Waals surface area contributed by atoms with Gasteiger partial charge in [-0.2, -0.15) is 13.2 Å². The molecule has 0 unspecified atom stereocenters. The summed E-state index contributed by atoms with van der Waals surface area (Å²) in [5.41, 5.74) is -1.71. The van der Waals surface area contributed by atoms with Crippen molar-refractivity contribution in [3.63, 3.8) is 0 Å². The first-order valence-corrected chi connectivity index (χ1v) is 6.88. The monoisotopic (exact) mass is 332 g/mol. The van der Waals surface area contributed by atoms with E-state index in [0.717, 1.165) is 6.07 Å². The Morgan fingerprint density at radius 1 is 0.958 bits per heavy atom. The Bertz CT molecular complexity index is 907. The number of aromatic nitrogens is 3. The fraction of sp³-hybridized carbons (Fsp3) is 0.0625. The number of H-pyrrole nitrogens is 1. The van der Waals surface area contributed by atoms with E-state index < -0.39 is 17.3 Å². The van der Waals surface area contributed by atoms with Crippen LogP contribution in [0.2, 0.25) is 0 Å². The van der Waals surface area contributed by atoms with Crippen LogP contribution >= 0.6 is 0 Å². The van der Waals surface area contributed by atoms with Gasteiger partial charge in [0.15, 0.2) is 0 Å². The summed E-state index contributed by atoms with van der Waals surface area (Å²) in [6.07, 6.45) is -0.425. The summed E-state index contributed by atoms with van der Waals surface area (Å²) in [7, 11) is 0. The van der Waals surface area contributed by atoms with E-state index in [-0.39, 0.29) is 5.56 Å². The van der Waals surface area contributed by atoms with Gasteiger partial charge in [-0.1, -0.05) is 6.07 Å². The number of hydrogen-bond donors (Lipinski definition) is 2. The molecular weight excluding hydrogens is 321 g/mol. The predicted octanol–water partition coefficient (Wildman–Crippen LogP) is 3.59. The van der Waals surface area contributed by atoms with Crippen molar-refractivity contribution in [1.82, 2.24) is 15.0 Å². The molecule has 0 radical (unpaired) electrons. The summed E-state index contributed by atoms with van der Waals surface area (Å²) in [6.45, 7) is 0. The third kappa shape index (κ3) is 3.43. The summed E-state index contributed by atoms with van der Waals surface area (Å²) in [6, 6.07) is 9.22. The molecular formula is C16H11F3N4O. The summed E-state index contributed by atoms with van der Waals surface area (Å²) in [5, 5.41) is 2.95. The van der Waals surface area contributed by atoms with Crippen molar-refractivity contribution in [1.29, 1.82) is 0 Å². The molecule has 5 nitrogen and oxygen atoms in total. The third-order valence-electron chi connectivity index (χ3n) is 3.22. The van der Waals surface area contributed by atoms with Gasteiger partial charge in [0, 0.05) is 18.6 Å². The van der Waals surface area contributed by atoms with Gasteiger partial charge in [0.2, 0.25) is 0 Å². The van der Waals surface area contributed by atoms with Gasteiger partial charge >= 0.3 is 6.18 Å². The SMILES string of the molecule is O=c1[nH]cc(-c2ccnc(Nc3ccccn3)c2)cc1C(F)(F)F. The van der Waals surface area contributed by atoms with Crippen molar-refractivity contribution in [3.05, 3.63) is 70.9 Å². The maximum atomic E-state index is 12.9. The highest BCUT2D eigenvalue weighted by Gasteiger charge is 2.34. The van der Waals surface area contributed by atoms with Crippen LogP contribution in [-0.4, -0.2) is 15.0 Å². The number of anilines is 2. The molecule has 0 bridgehead atoms. The van der Waals surface area contributed by atoms with Gasteiger partial charge in [0.1, 0.15) is 17.2 Å². The quantitative estimate of drug-likeness (QED) is 0.769. The molecule has 0 fully saturated rings.